The predicted octanol–water partition coefficient (Wildman–Crippen LogP) is 4.99. The van der Waals surface area contributed by atoms with Crippen molar-refractivity contribution in [2.75, 3.05) is 24.5 Å². The first-order chi connectivity index (χ1) is 20.0. The molecule has 0 bridgehead atoms. The monoisotopic (exact) mass is 573 g/mol. The molecule has 1 aromatic carbocycles. The maximum atomic E-state index is 15.8. The third-order valence-corrected chi connectivity index (χ3v) is 7.51. The number of rotatable bonds is 6. The van der Waals surface area contributed by atoms with Gasteiger partial charge in [-0.05, 0) is 43.0 Å². The maximum Gasteiger partial charge on any atom is 0.355 e. The summed E-state index contributed by atoms with van der Waals surface area (Å²) in [5.41, 5.74) is 0.854. The van der Waals surface area contributed by atoms with Crippen LogP contribution in [0, 0.1) is 11.6 Å². The normalized spacial score (nSPS) is 15.6. The third-order valence-electron chi connectivity index (χ3n) is 7.51. The SMILES string of the molecule is C=CC(=O)N1CCN(c2nc(=O)n(-c3c(C(C)C)ncnc3C(C)C)c3nc(-c4ccccc4F)c(F)cc23)[C@@H](C)C1. The summed E-state index contributed by atoms with van der Waals surface area (Å²) in [7, 11) is 0. The lowest BCUT2D eigenvalue weighted by Crippen LogP contribution is -2.54. The molecule has 0 unspecified atom stereocenters. The van der Waals surface area contributed by atoms with Gasteiger partial charge in [-0.3, -0.25) is 4.79 Å². The Morgan fingerprint density at radius 3 is 2.29 bits per heavy atom. The van der Waals surface area contributed by atoms with Gasteiger partial charge in [-0.2, -0.15) is 4.98 Å². The zero-order chi connectivity index (χ0) is 30.3. The van der Waals surface area contributed by atoms with Crippen molar-refractivity contribution in [3.8, 4) is 16.9 Å². The van der Waals surface area contributed by atoms with Crippen molar-refractivity contribution in [3.63, 3.8) is 0 Å². The lowest BCUT2D eigenvalue weighted by atomic mass is 10.0. The van der Waals surface area contributed by atoms with Crippen molar-refractivity contribution in [2.45, 2.75) is 52.5 Å². The summed E-state index contributed by atoms with van der Waals surface area (Å²) in [5, 5.41) is 0.274. The Bertz CT molecular complexity index is 1730. The van der Waals surface area contributed by atoms with Crippen LogP contribution >= 0.6 is 0 Å². The Kier molecular flexibility index (Phi) is 7.85. The van der Waals surface area contributed by atoms with E-state index in [2.05, 4.69) is 26.5 Å². The molecule has 1 fully saturated rings. The summed E-state index contributed by atoms with van der Waals surface area (Å²) in [6.45, 7) is 14.4. The van der Waals surface area contributed by atoms with Gasteiger partial charge >= 0.3 is 5.69 Å². The molecule has 0 radical (unpaired) electrons. The number of pyridine rings is 1. The molecule has 4 heterocycles. The zero-order valence-electron chi connectivity index (χ0n) is 24.3. The number of piperazine rings is 1. The third kappa shape index (κ3) is 5.03. The fourth-order valence-electron chi connectivity index (χ4n) is 5.45. The number of hydrogen-bond acceptors (Lipinski definition) is 7. The summed E-state index contributed by atoms with van der Waals surface area (Å²) >= 11 is 0. The van der Waals surface area contributed by atoms with E-state index in [-0.39, 0.29) is 51.9 Å². The summed E-state index contributed by atoms with van der Waals surface area (Å²) in [6.07, 6.45) is 2.73. The fourth-order valence-corrected chi connectivity index (χ4v) is 5.45. The number of anilines is 1. The van der Waals surface area contributed by atoms with Crippen molar-refractivity contribution in [1.82, 2.24) is 29.4 Å². The van der Waals surface area contributed by atoms with Gasteiger partial charge in [0, 0.05) is 31.2 Å². The van der Waals surface area contributed by atoms with Crippen LogP contribution in [0.2, 0.25) is 0 Å². The highest BCUT2D eigenvalue weighted by atomic mass is 19.1. The Morgan fingerprint density at radius 1 is 1.02 bits per heavy atom. The van der Waals surface area contributed by atoms with Gasteiger partial charge in [0.15, 0.2) is 5.65 Å². The van der Waals surface area contributed by atoms with Crippen LogP contribution in [0.3, 0.4) is 0 Å². The molecule has 0 aliphatic carbocycles. The molecule has 3 aromatic heterocycles. The number of hydrogen-bond donors (Lipinski definition) is 0. The van der Waals surface area contributed by atoms with Gasteiger partial charge < -0.3 is 9.80 Å². The van der Waals surface area contributed by atoms with Gasteiger partial charge in [0.05, 0.1) is 22.5 Å². The van der Waals surface area contributed by atoms with Crippen LogP contribution in [-0.2, 0) is 4.79 Å². The predicted molar refractivity (Wildman–Crippen MR) is 158 cm³/mol. The minimum atomic E-state index is -0.758. The van der Waals surface area contributed by atoms with Crippen LogP contribution in [0.25, 0.3) is 28.0 Å². The highest BCUT2D eigenvalue weighted by Crippen LogP contribution is 2.34. The van der Waals surface area contributed by atoms with Crippen molar-refractivity contribution >= 4 is 22.8 Å². The molecule has 1 amide bonds. The molecule has 11 heteroatoms. The standard InChI is InChI=1S/C31H33F2N7O2/c1-7-24(41)38-12-13-39(19(6)15-38)29-21-14-23(33)27(20-10-8-9-11-22(20)32)36-30(21)40(31(42)37-29)28-25(17(2)3)34-16-35-26(28)18(4)5/h7-11,14,16-19H,1,12-13,15H2,2-6H3/t19-/m0/s1. The molecule has 1 atom stereocenters. The summed E-state index contributed by atoms with van der Waals surface area (Å²) < 4.78 is 32.1. The Balaban J connectivity index is 1.84. The lowest BCUT2D eigenvalue weighted by molar-refractivity contribution is -0.126. The van der Waals surface area contributed by atoms with Gasteiger partial charge in [0.2, 0.25) is 5.91 Å². The minimum Gasteiger partial charge on any atom is -0.350 e. The van der Waals surface area contributed by atoms with E-state index in [1.165, 1.54) is 41.2 Å². The average molecular weight is 574 g/mol. The number of carbonyl (C=O) groups is 1. The highest BCUT2D eigenvalue weighted by Gasteiger charge is 2.31. The fraction of sp³-hybridized carbons (Fsp3) is 0.355. The number of nitrogens with zero attached hydrogens (tertiary/aromatic N) is 7. The van der Waals surface area contributed by atoms with Crippen molar-refractivity contribution < 1.29 is 13.6 Å². The lowest BCUT2D eigenvalue weighted by Gasteiger charge is -2.40. The van der Waals surface area contributed by atoms with Crippen molar-refractivity contribution in [3.05, 3.63) is 82.8 Å². The van der Waals surface area contributed by atoms with Gasteiger partial charge in [-0.15, -0.1) is 0 Å². The van der Waals surface area contributed by atoms with Crippen LogP contribution in [0.1, 0.15) is 57.8 Å². The molecule has 1 aliphatic heterocycles. The van der Waals surface area contributed by atoms with Crippen LogP contribution in [-0.4, -0.2) is 61.0 Å². The molecule has 0 N–H and O–H groups in total. The smallest absolute Gasteiger partial charge is 0.350 e. The number of amides is 1. The Hall–Kier alpha value is -4.54. The van der Waals surface area contributed by atoms with Gasteiger partial charge in [-0.1, -0.05) is 46.4 Å². The van der Waals surface area contributed by atoms with Crippen molar-refractivity contribution in [1.29, 1.82) is 0 Å². The molecular weight excluding hydrogens is 540 g/mol. The van der Waals surface area contributed by atoms with E-state index in [1.54, 1.807) is 11.0 Å². The molecule has 0 saturated carbocycles. The quantitative estimate of drug-likeness (QED) is 0.300. The summed E-state index contributed by atoms with van der Waals surface area (Å²) in [4.78, 5) is 48.0. The topological polar surface area (TPSA) is 97.1 Å². The van der Waals surface area contributed by atoms with Gasteiger partial charge in [0.25, 0.3) is 0 Å². The zero-order valence-corrected chi connectivity index (χ0v) is 24.3. The molecule has 4 aromatic rings. The maximum absolute atomic E-state index is 15.8. The summed E-state index contributed by atoms with van der Waals surface area (Å²) in [5.74, 6) is -1.54. The highest BCUT2D eigenvalue weighted by molar-refractivity contribution is 5.91. The van der Waals surface area contributed by atoms with Crippen LogP contribution in [0.15, 0.2) is 54.1 Å². The number of fused-ring (bicyclic) bond motifs is 1. The van der Waals surface area contributed by atoms with E-state index in [1.807, 2.05) is 39.5 Å². The van der Waals surface area contributed by atoms with Gasteiger partial charge in [0.1, 0.15) is 29.5 Å². The first kappa shape index (κ1) is 29.0. The Labute approximate surface area is 242 Å². The molecule has 1 aliphatic rings. The minimum absolute atomic E-state index is 0.0309. The molecule has 9 nitrogen and oxygen atoms in total. The molecule has 42 heavy (non-hydrogen) atoms. The second-order valence-corrected chi connectivity index (χ2v) is 11.1. The second-order valence-electron chi connectivity index (χ2n) is 11.1. The number of aromatic nitrogens is 5. The molecule has 5 rings (SSSR count). The summed E-state index contributed by atoms with van der Waals surface area (Å²) in [6, 6.07) is 6.79. The first-order valence-electron chi connectivity index (χ1n) is 13.9. The van der Waals surface area contributed by atoms with E-state index < -0.39 is 17.3 Å². The number of carbonyl (C=O) groups excluding carboxylic acids is 1. The average Bonchev–Trinajstić information content (AvgIpc) is 2.96. The van der Waals surface area contributed by atoms with E-state index >= 15 is 4.39 Å². The van der Waals surface area contributed by atoms with Crippen molar-refractivity contribution in [2.24, 2.45) is 0 Å². The van der Waals surface area contributed by atoms with Crippen LogP contribution in [0.5, 0.6) is 0 Å². The van der Waals surface area contributed by atoms with Crippen LogP contribution < -0.4 is 10.6 Å². The second kappa shape index (κ2) is 11.4. The number of halogens is 2. The van der Waals surface area contributed by atoms with E-state index in [9.17, 15) is 14.0 Å². The molecular formula is C31H33F2N7O2. The molecule has 218 valence electrons. The van der Waals surface area contributed by atoms with Gasteiger partial charge in [-0.25, -0.2) is 33.1 Å². The molecule has 1 saturated heterocycles. The van der Waals surface area contributed by atoms with E-state index in [0.717, 1.165) is 0 Å². The largest absolute Gasteiger partial charge is 0.355 e. The molecule has 0 spiro atoms. The van der Waals surface area contributed by atoms with Crippen LogP contribution in [0.4, 0.5) is 14.6 Å². The Morgan fingerprint density at radius 2 is 1.69 bits per heavy atom. The number of benzene rings is 1. The van der Waals surface area contributed by atoms with E-state index in [0.29, 0.717) is 36.7 Å². The van der Waals surface area contributed by atoms with E-state index in [4.69, 9.17) is 0 Å². The first-order valence-corrected chi connectivity index (χ1v) is 13.9.